The standard InChI is InChI=1S/C18H21NO/c1-12(2)14-7-9-15(10-8-14)17-11-19-18-13(3)5-4-6-16(18)20-17/h4-10,12,17,19H,11H2,1-3H3. The Labute approximate surface area is 120 Å². The van der Waals surface area contributed by atoms with Gasteiger partial charge in [-0.1, -0.05) is 50.2 Å². The lowest BCUT2D eigenvalue weighted by Crippen LogP contribution is -2.24. The summed E-state index contributed by atoms with van der Waals surface area (Å²) in [5, 5.41) is 3.49. The number of ether oxygens (including phenoxy) is 1. The molecule has 2 aromatic rings. The molecule has 1 aliphatic rings. The zero-order chi connectivity index (χ0) is 14.1. The Hall–Kier alpha value is -1.96. The summed E-state index contributed by atoms with van der Waals surface area (Å²) >= 11 is 0. The molecule has 3 rings (SSSR count). The smallest absolute Gasteiger partial charge is 0.143 e. The van der Waals surface area contributed by atoms with E-state index in [4.69, 9.17) is 4.74 Å². The molecule has 20 heavy (non-hydrogen) atoms. The second-order valence-corrected chi connectivity index (χ2v) is 5.76. The molecule has 0 spiro atoms. The first kappa shape index (κ1) is 13.0. The molecule has 0 saturated carbocycles. The third kappa shape index (κ3) is 2.38. The highest BCUT2D eigenvalue weighted by molar-refractivity contribution is 5.63. The molecule has 1 N–H and O–H groups in total. The van der Waals surface area contributed by atoms with E-state index in [9.17, 15) is 0 Å². The van der Waals surface area contributed by atoms with Gasteiger partial charge in [0.05, 0.1) is 12.2 Å². The average Bonchev–Trinajstić information content (AvgIpc) is 2.47. The molecule has 0 aromatic heterocycles. The molecule has 1 heterocycles. The number of aryl methyl sites for hydroxylation is 1. The highest BCUT2D eigenvalue weighted by Crippen LogP contribution is 2.36. The van der Waals surface area contributed by atoms with Gasteiger partial charge in [0.2, 0.25) is 0 Å². The molecule has 2 aromatic carbocycles. The SMILES string of the molecule is Cc1cccc2c1NCC(c1ccc(C(C)C)cc1)O2. The predicted octanol–water partition coefficient (Wildman–Crippen LogP) is 4.66. The molecule has 0 aliphatic carbocycles. The number of nitrogens with one attached hydrogen (secondary N) is 1. The first-order chi connectivity index (χ1) is 9.65. The minimum Gasteiger partial charge on any atom is -0.482 e. The lowest BCUT2D eigenvalue weighted by molar-refractivity contribution is 0.210. The molecule has 2 heteroatoms. The van der Waals surface area contributed by atoms with E-state index in [0.29, 0.717) is 5.92 Å². The zero-order valence-corrected chi connectivity index (χ0v) is 12.3. The van der Waals surface area contributed by atoms with Crippen molar-refractivity contribution in [2.75, 3.05) is 11.9 Å². The lowest BCUT2D eigenvalue weighted by atomic mass is 9.99. The van der Waals surface area contributed by atoms with Crippen LogP contribution in [-0.2, 0) is 0 Å². The second kappa shape index (κ2) is 5.20. The van der Waals surface area contributed by atoms with Crippen LogP contribution in [0.5, 0.6) is 5.75 Å². The van der Waals surface area contributed by atoms with E-state index in [2.05, 4.69) is 56.4 Å². The average molecular weight is 267 g/mol. The molecular weight excluding hydrogens is 246 g/mol. The Kier molecular flexibility index (Phi) is 3.39. The molecule has 1 aliphatic heterocycles. The molecule has 0 fully saturated rings. The zero-order valence-electron chi connectivity index (χ0n) is 12.3. The van der Waals surface area contributed by atoms with Gasteiger partial charge in [0.15, 0.2) is 0 Å². The topological polar surface area (TPSA) is 21.3 Å². The van der Waals surface area contributed by atoms with Crippen LogP contribution in [-0.4, -0.2) is 6.54 Å². The first-order valence-electron chi connectivity index (χ1n) is 7.25. The van der Waals surface area contributed by atoms with Crippen LogP contribution >= 0.6 is 0 Å². The maximum Gasteiger partial charge on any atom is 0.143 e. The van der Waals surface area contributed by atoms with Gasteiger partial charge in [-0.2, -0.15) is 0 Å². The summed E-state index contributed by atoms with van der Waals surface area (Å²) in [7, 11) is 0. The van der Waals surface area contributed by atoms with Gasteiger partial charge in [0.1, 0.15) is 11.9 Å². The van der Waals surface area contributed by atoms with Crippen molar-refractivity contribution in [1.82, 2.24) is 0 Å². The van der Waals surface area contributed by atoms with Gasteiger partial charge < -0.3 is 10.1 Å². The largest absolute Gasteiger partial charge is 0.482 e. The van der Waals surface area contributed by atoms with Gasteiger partial charge in [-0.3, -0.25) is 0 Å². The van der Waals surface area contributed by atoms with Crippen molar-refractivity contribution in [2.24, 2.45) is 0 Å². The molecule has 2 nitrogen and oxygen atoms in total. The number of hydrogen-bond acceptors (Lipinski definition) is 2. The fourth-order valence-electron chi connectivity index (χ4n) is 2.64. The third-order valence-corrected chi connectivity index (χ3v) is 3.94. The van der Waals surface area contributed by atoms with Crippen LogP contribution in [0.2, 0.25) is 0 Å². The number of para-hydroxylation sites is 1. The molecule has 0 saturated heterocycles. The van der Waals surface area contributed by atoms with Crippen molar-refractivity contribution in [3.8, 4) is 5.75 Å². The molecule has 0 amide bonds. The van der Waals surface area contributed by atoms with Gasteiger partial charge in [-0.15, -0.1) is 0 Å². The Morgan fingerprint density at radius 3 is 2.55 bits per heavy atom. The van der Waals surface area contributed by atoms with E-state index in [0.717, 1.165) is 18.0 Å². The van der Waals surface area contributed by atoms with Crippen LogP contribution in [0.25, 0.3) is 0 Å². The Morgan fingerprint density at radius 1 is 1.10 bits per heavy atom. The van der Waals surface area contributed by atoms with Crippen molar-refractivity contribution in [3.05, 3.63) is 59.2 Å². The summed E-state index contributed by atoms with van der Waals surface area (Å²) in [6.45, 7) is 7.35. The van der Waals surface area contributed by atoms with E-state index >= 15 is 0 Å². The van der Waals surface area contributed by atoms with Crippen LogP contribution in [0.4, 0.5) is 5.69 Å². The lowest BCUT2D eigenvalue weighted by Gasteiger charge is -2.29. The maximum atomic E-state index is 6.14. The summed E-state index contributed by atoms with van der Waals surface area (Å²) in [6.07, 6.45) is 0.0884. The van der Waals surface area contributed by atoms with Crippen LogP contribution in [0.3, 0.4) is 0 Å². The normalized spacial score (nSPS) is 17.3. The van der Waals surface area contributed by atoms with Gasteiger partial charge in [-0.25, -0.2) is 0 Å². The molecule has 0 radical (unpaired) electrons. The van der Waals surface area contributed by atoms with Crippen molar-refractivity contribution in [1.29, 1.82) is 0 Å². The molecule has 0 bridgehead atoms. The van der Waals surface area contributed by atoms with Crippen LogP contribution in [0.1, 0.15) is 42.6 Å². The van der Waals surface area contributed by atoms with Gasteiger partial charge >= 0.3 is 0 Å². The van der Waals surface area contributed by atoms with Crippen LogP contribution in [0.15, 0.2) is 42.5 Å². The minimum atomic E-state index is 0.0884. The summed E-state index contributed by atoms with van der Waals surface area (Å²) in [6, 6.07) is 15.0. The van der Waals surface area contributed by atoms with Gasteiger partial charge in [-0.05, 0) is 35.6 Å². The molecule has 104 valence electrons. The summed E-state index contributed by atoms with van der Waals surface area (Å²) in [4.78, 5) is 0. The number of fused-ring (bicyclic) bond motifs is 1. The second-order valence-electron chi connectivity index (χ2n) is 5.76. The van der Waals surface area contributed by atoms with Crippen molar-refractivity contribution in [3.63, 3.8) is 0 Å². The van der Waals surface area contributed by atoms with E-state index in [-0.39, 0.29) is 6.10 Å². The summed E-state index contributed by atoms with van der Waals surface area (Å²) < 4.78 is 6.14. The molecule has 1 unspecified atom stereocenters. The van der Waals surface area contributed by atoms with Crippen LogP contribution < -0.4 is 10.1 Å². The fraction of sp³-hybridized carbons (Fsp3) is 0.333. The number of rotatable bonds is 2. The summed E-state index contributed by atoms with van der Waals surface area (Å²) in [5.41, 5.74) is 4.96. The summed E-state index contributed by atoms with van der Waals surface area (Å²) in [5.74, 6) is 1.52. The van der Waals surface area contributed by atoms with E-state index in [1.165, 1.54) is 16.7 Å². The van der Waals surface area contributed by atoms with Crippen molar-refractivity contribution < 1.29 is 4.74 Å². The third-order valence-electron chi connectivity index (χ3n) is 3.94. The number of benzene rings is 2. The number of hydrogen-bond donors (Lipinski definition) is 1. The molecular formula is C18H21NO. The monoisotopic (exact) mass is 267 g/mol. The van der Waals surface area contributed by atoms with E-state index in [1.54, 1.807) is 0 Å². The van der Waals surface area contributed by atoms with Crippen molar-refractivity contribution >= 4 is 5.69 Å². The van der Waals surface area contributed by atoms with Gasteiger partial charge in [0.25, 0.3) is 0 Å². The van der Waals surface area contributed by atoms with Gasteiger partial charge in [0, 0.05) is 0 Å². The Morgan fingerprint density at radius 2 is 1.85 bits per heavy atom. The fourth-order valence-corrected chi connectivity index (χ4v) is 2.64. The number of anilines is 1. The van der Waals surface area contributed by atoms with E-state index < -0.39 is 0 Å². The highest BCUT2D eigenvalue weighted by Gasteiger charge is 2.21. The Balaban J connectivity index is 1.83. The highest BCUT2D eigenvalue weighted by atomic mass is 16.5. The first-order valence-corrected chi connectivity index (χ1v) is 7.25. The van der Waals surface area contributed by atoms with Crippen LogP contribution in [0, 0.1) is 6.92 Å². The van der Waals surface area contributed by atoms with Crippen molar-refractivity contribution in [2.45, 2.75) is 32.8 Å². The molecule has 1 atom stereocenters. The maximum absolute atomic E-state index is 6.14. The minimum absolute atomic E-state index is 0.0884. The quantitative estimate of drug-likeness (QED) is 0.854. The predicted molar refractivity (Wildman–Crippen MR) is 83.6 cm³/mol. The Bertz CT molecular complexity index is 601. The van der Waals surface area contributed by atoms with E-state index in [1.807, 2.05) is 12.1 Å².